The second kappa shape index (κ2) is 13.2. The predicted molar refractivity (Wildman–Crippen MR) is 233 cm³/mol. The highest BCUT2D eigenvalue weighted by Crippen LogP contribution is 2.44. The number of nitrogens with two attached hydrogens (primary N) is 2. The maximum absolute atomic E-state index is 6.92. The van der Waals surface area contributed by atoms with E-state index in [9.17, 15) is 0 Å². The third-order valence-electron chi connectivity index (χ3n) is 11.1. The molecule has 57 heavy (non-hydrogen) atoms. The highest BCUT2D eigenvalue weighted by atomic mass is 16.3. The van der Waals surface area contributed by atoms with E-state index in [1.807, 2.05) is 48.7 Å². The maximum atomic E-state index is 6.92. The van der Waals surface area contributed by atoms with Crippen LogP contribution in [0.4, 0.5) is 0 Å². The Morgan fingerprint density at radius 3 is 1.82 bits per heavy atom. The molecule has 0 fully saturated rings. The monoisotopic (exact) mass is 737 g/mol. The molecule has 272 valence electrons. The highest BCUT2D eigenvalue weighted by molar-refractivity contribution is 6.17. The summed E-state index contributed by atoms with van der Waals surface area (Å²) in [6.45, 7) is 0.609. The third kappa shape index (κ3) is 5.53. The Kier molecular flexibility index (Phi) is 7.67. The summed E-state index contributed by atoms with van der Waals surface area (Å²) in [4.78, 5) is 4.69. The van der Waals surface area contributed by atoms with Crippen LogP contribution in [0, 0.1) is 0 Å². The average Bonchev–Trinajstić information content (AvgIpc) is 3.95. The molecule has 6 heteroatoms. The summed E-state index contributed by atoms with van der Waals surface area (Å²) in [6.07, 6.45) is 1.31. The zero-order valence-electron chi connectivity index (χ0n) is 30.8. The van der Waals surface area contributed by atoms with E-state index >= 15 is 0 Å². The normalized spacial score (nSPS) is 12.2. The van der Waals surface area contributed by atoms with E-state index in [1.54, 1.807) is 0 Å². The molecule has 3 aromatic heterocycles. The number of fused-ring (bicyclic) bond motifs is 9. The van der Waals surface area contributed by atoms with Gasteiger partial charge in [0, 0.05) is 55.2 Å². The summed E-state index contributed by atoms with van der Waals surface area (Å²) in [5.74, 6) is 0. The second-order valence-electron chi connectivity index (χ2n) is 14.6. The van der Waals surface area contributed by atoms with Gasteiger partial charge in [0.15, 0.2) is 0 Å². The molecular formula is C51H35N3O3. The third-order valence-corrected chi connectivity index (χ3v) is 11.1. The smallest absolute Gasteiger partial charge is 0.143 e. The van der Waals surface area contributed by atoms with Gasteiger partial charge in [0.1, 0.15) is 33.5 Å². The largest absolute Gasteiger partial charge is 0.456 e. The minimum absolute atomic E-state index is 0.609. The minimum Gasteiger partial charge on any atom is -0.456 e. The summed E-state index contributed by atoms with van der Waals surface area (Å²) in [5.41, 5.74) is 26.5. The van der Waals surface area contributed by atoms with Crippen LogP contribution >= 0.6 is 0 Å². The van der Waals surface area contributed by atoms with Crippen molar-refractivity contribution in [3.05, 3.63) is 180 Å². The summed E-state index contributed by atoms with van der Waals surface area (Å²) >= 11 is 0. The molecule has 0 spiro atoms. The molecule has 8 aromatic carbocycles. The van der Waals surface area contributed by atoms with E-state index in [1.165, 1.54) is 0 Å². The van der Waals surface area contributed by atoms with Gasteiger partial charge in [-0.05, 0) is 69.8 Å². The van der Waals surface area contributed by atoms with Crippen molar-refractivity contribution >= 4 is 72.0 Å². The van der Waals surface area contributed by atoms with Gasteiger partial charge in [-0.25, -0.2) is 0 Å². The fourth-order valence-electron chi connectivity index (χ4n) is 8.39. The Balaban J connectivity index is 0.996. The number of para-hydroxylation sites is 3. The minimum atomic E-state index is -0.620. The van der Waals surface area contributed by atoms with Crippen molar-refractivity contribution in [1.29, 1.82) is 0 Å². The topological polar surface area (TPSA) is 104 Å². The van der Waals surface area contributed by atoms with Crippen molar-refractivity contribution in [2.45, 2.75) is 12.7 Å². The average molecular weight is 738 g/mol. The molecule has 4 N–H and O–H groups in total. The molecule has 0 bridgehead atoms. The molecule has 0 amide bonds. The lowest BCUT2D eigenvalue weighted by Gasteiger charge is -2.07. The molecule has 0 atom stereocenters. The first-order valence-corrected chi connectivity index (χ1v) is 19.1. The van der Waals surface area contributed by atoms with Gasteiger partial charge in [-0.1, -0.05) is 127 Å². The molecule has 11 aromatic rings. The Labute approximate surface area is 327 Å². The Morgan fingerprint density at radius 2 is 1.07 bits per heavy atom. The van der Waals surface area contributed by atoms with Crippen LogP contribution in [0.15, 0.2) is 182 Å². The van der Waals surface area contributed by atoms with Crippen molar-refractivity contribution in [3.63, 3.8) is 0 Å². The lowest BCUT2D eigenvalue weighted by Crippen LogP contribution is -2.20. The number of benzene rings is 8. The van der Waals surface area contributed by atoms with Crippen LogP contribution in [-0.2, 0) is 6.54 Å². The van der Waals surface area contributed by atoms with Crippen LogP contribution in [0.3, 0.4) is 0 Å². The molecule has 0 radical (unpaired) electrons. The molecule has 0 unspecified atom stereocenters. The molecule has 6 nitrogen and oxygen atoms in total. The summed E-state index contributed by atoms with van der Waals surface area (Å²) < 4.78 is 19.8. The fraction of sp³-hybridized carbons (Fsp3) is 0.0392. The molecule has 0 aliphatic heterocycles. The van der Waals surface area contributed by atoms with Crippen molar-refractivity contribution in [2.24, 2.45) is 16.5 Å². The van der Waals surface area contributed by atoms with Crippen molar-refractivity contribution < 1.29 is 13.3 Å². The standard InChI is InChI=1S/C51H35N3O3/c52-51(53)41-19-8-20-46-47(41)40-18-7-17-39(50(40)56-46)38-16-6-15-37-36-14-5-13-35(48(36)57-49(37)38)34-22-24-45-43(27-34)42-26-33(21-23-44(42)55-45)32-12-4-11-31(25-32)29-54-28-30-9-2-1-3-10-30/h1-28,51H,29,52-53H2. The van der Waals surface area contributed by atoms with Crippen LogP contribution in [0.25, 0.3) is 99.2 Å². The molecule has 3 heterocycles. The molecule has 0 saturated heterocycles. The first-order valence-electron chi connectivity index (χ1n) is 19.1. The Hall–Kier alpha value is -7.25. The van der Waals surface area contributed by atoms with E-state index in [-0.39, 0.29) is 0 Å². The van der Waals surface area contributed by atoms with Crippen LogP contribution in [0.2, 0.25) is 0 Å². The first-order chi connectivity index (χ1) is 28.1. The van der Waals surface area contributed by atoms with Crippen LogP contribution in [0.5, 0.6) is 0 Å². The number of aliphatic imine (C=N–C) groups is 1. The highest BCUT2D eigenvalue weighted by Gasteiger charge is 2.21. The van der Waals surface area contributed by atoms with E-state index in [4.69, 9.17) is 29.7 Å². The Bertz CT molecular complexity index is 3370. The zero-order valence-corrected chi connectivity index (χ0v) is 30.8. The lowest BCUT2D eigenvalue weighted by atomic mass is 9.97. The predicted octanol–water partition coefficient (Wildman–Crippen LogP) is 12.9. The number of hydrogen-bond donors (Lipinski definition) is 2. The maximum Gasteiger partial charge on any atom is 0.143 e. The van der Waals surface area contributed by atoms with Gasteiger partial charge in [-0.3, -0.25) is 4.99 Å². The fourth-order valence-corrected chi connectivity index (χ4v) is 8.39. The van der Waals surface area contributed by atoms with Crippen LogP contribution in [-0.4, -0.2) is 6.21 Å². The first kappa shape index (κ1) is 33.1. The Morgan fingerprint density at radius 1 is 0.456 bits per heavy atom. The van der Waals surface area contributed by atoms with E-state index in [0.29, 0.717) is 6.54 Å². The quantitative estimate of drug-likeness (QED) is 0.125. The van der Waals surface area contributed by atoms with Gasteiger partial charge >= 0.3 is 0 Å². The van der Waals surface area contributed by atoms with E-state index in [2.05, 4.69) is 121 Å². The summed E-state index contributed by atoms with van der Waals surface area (Å²) in [6, 6.07) is 56.3. The van der Waals surface area contributed by atoms with Crippen molar-refractivity contribution in [3.8, 4) is 33.4 Å². The van der Waals surface area contributed by atoms with Gasteiger partial charge < -0.3 is 24.7 Å². The van der Waals surface area contributed by atoms with Gasteiger partial charge in [-0.2, -0.15) is 0 Å². The van der Waals surface area contributed by atoms with Gasteiger partial charge in [0.05, 0.1) is 12.7 Å². The summed E-state index contributed by atoms with van der Waals surface area (Å²) in [7, 11) is 0. The van der Waals surface area contributed by atoms with Gasteiger partial charge in [0.25, 0.3) is 0 Å². The number of furan rings is 3. The van der Waals surface area contributed by atoms with Gasteiger partial charge in [0.2, 0.25) is 0 Å². The number of rotatable bonds is 7. The summed E-state index contributed by atoms with van der Waals surface area (Å²) in [5, 5.41) is 6.11. The zero-order chi connectivity index (χ0) is 38.0. The lowest BCUT2D eigenvalue weighted by molar-refractivity contribution is 0.665. The molecule has 0 saturated carbocycles. The molecule has 0 aliphatic carbocycles. The van der Waals surface area contributed by atoms with Crippen LogP contribution in [0.1, 0.15) is 22.9 Å². The SMILES string of the molecule is NC(N)c1cccc2oc3c(-c4cccc5c4oc4c(-c6ccc7oc8ccc(-c9cccc(CN=Cc%10ccccc%10)c9)cc8c7c6)cccc45)cccc3c12. The van der Waals surface area contributed by atoms with Crippen molar-refractivity contribution in [1.82, 2.24) is 0 Å². The molecule has 0 aliphatic rings. The van der Waals surface area contributed by atoms with E-state index < -0.39 is 6.17 Å². The van der Waals surface area contributed by atoms with Gasteiger partial charge in [-0.15, -0.1) is 0 Å². The molecular weight excluding hydrogens is 703 g/mol. The molecule has 11 rings (SSSR count). The number of nitrogens with zero attached hydrogens (tertiary/aromatic N) is 1. The van der Waals surface area contributed by atoms with E-state index in [0.717, 1.165) is 116 Å². The second-order valence-corrected chi connectivity index (χ2v) is 14.6. The van der Waals surface area contributed by atoms with Crippen LogP contribution < -0.4 is 11.5 Å². The number of hydrogen-bond acceptors (Lipinski definition) is 6. The van der Waals surface area contributed by atoms with Crippen molar-refractivity contribution in [2.75, 3.05) is 0 Å².